The lowest BCUT2D eigenvalue weighted by Crippen LogP contribution is -2.36. The number of rotatable bonds is 9. The fraction of sp³-hybridized carbons (Fsp3) is 0.733. The van der Waals surface area contributed by atoms with Gasteiger partial charge in [-0.3, -0.25) is 4.90 Å². The second-order valence-corrected chi connectivity index (χ2v) is 4.83. The summed E-state index contributed by atoms with van der Waals surface area (Å²) in [4.78, 5) is 24.8. The molecule has 0 N–H and O–H groups in total. The highest BCUT2D eigenvalue weighted by Gasteiger charge is 2.09. The number of morpholine rings is 1. The highest BCUT2D eigenvalue weighted by atomic mass is 16.5. The van der Waals surface area contributed by atoms with E-state index in [1.807, 2.05) is 6.92 Å². The number of hydrogen-bond acceptors (Lipinski definition) is 6. The number of esters is 2. The van der Waals surface area contributed by atoms with Crippen molar-refractivity contribution in [3.05, 3.63) is 12.2 Å². The summed E-state index contributed by atoms with van der Waals surface area (Å²) in [7, 11) is 0. The number of nitrogens with zero attached hydrogens (tertiary/aromatic N) is 1. The Bertz CT molecular complexity index is 337. The van der Waals surface area contributed by atoms with Crippen molar-refractivity contribution in [2.75, 3.05) is 46.1 Å². The van der Waals surface area contributed by atoms with Crippen molar-refractivity contribution in [1.82, 2.24) is 4.90 Å². The van der Waals surface area contributed by atoms with Crippen molar-refractivity contribution in [3.8, 4) is 0 Å². The Kier molecular flexibility index (Phi) is 9.48. The number of unbranched alkanes of at least 4 members (excludes halogenated alkanes) is 1. The maximum absolute atomic E-state index is 11.3. The lowest BCUT2D eigenvalue weighted by Gasteiger charge is -2.26. The summed E-state index contributed by atoms with van der Waals surface area (Å²) >= 11 is 0. The summed E-state index contributed by atoms with van der Waals surface area (Å²) in [6, 6.07) is 0. The molecule has 0 bridgehead atoms. The molecule has 1 rings (SSSR count). The molecule has 0 aromatic carbocycles. The van der Waals surface area contributed by atoms with E-state index in [2.05, 4.69) is 4.90 Å². The molecule has 1 aliphatic rings. The smallest absolute Gasteiger partial charge is 0.331 e. The van der Waals surface area contributed by atoms with Gasteiger partial charge in [-0.25, -0.2) is 9.59 Å². The Morgan fingerprint density at radius 1 is 1.05 bits per heavy atom. The molecule has 1 heterocycles. The summed E-state index contributed by atoms with van der Waals surface area (Å²) in [5, 5.41) is 0. The summed E-state index contributed by atoms with van der Waals surface area (Å²) in [6.07, 6.45) is 4.77. The molecule has 21 heavy (non-hydrogen) atoms. The van der Waals surface area contributed by atoms with Crippen molar-refractivity contribution < 1.29 is 23.8 Å². The zero-order valence-corrected chi connectivity index (χ0v) is 12.7. The zero-order valence-electron chi connectivity index (χ0n) is 12.7. The average molecular weight is 299 g/mol. The fourth-order valence-corrected chi connectivity index (χ4v) is 1.87. The first-order valence-electron chi connectivity index (χ1n) is 7.54. The van der Waals surface area contributed by atoms with Gasteiger partial charge < -0.3 is 14.2 Å². The number of ether oxygens (including phenoxy) is 3. The van der Waals surface area contributed by atoms with E-state index in [1.54, 1.807) is 0 Å². The van der Waals surface area contributed by atoms with Crippen LogP contribution in [0.4, 0.5) is 0 Å². The van der Waals surface area contributed by atoms with Crippen molar-refractivity contribution in [1.29, 1.82) is 0 Å². The normalized spacial score (nSPS) is 16.0. The van der Waals surface area contributed by atoms with E-state index in [4.69, 9.17) is 14.2 Å². The van der Waals surface area contributed by atoms with Gasteiger partial charge in [0, 0.05) is 25.2 Å². The lowest BCUT2D eigenvalue weighted by atomic mass is 10.3. The molecule has 1 aliphatic heterocycles. The molecule has 0 saturated carbocycles. The first kappa shape index (κ1) is 17.7. The van der Waals surface area contributed by atoms with E-state index >= 15 is 0 Å². The Morgan fingerprint density at radius 2 is 1.67 bits per heavy atom. The Labute approximate surface area is 126 Å². The van der Waals surface area contributed by atoms with Crippen LogP contribution in [0.15, 0.2) is 12.2 Å². The van der Waals surface area contributed by atoms with E-state index in [0.717, 1.165) is 64.3 Å². The maximum atomic E-state index is 11.3. The van der Waals surface area contributed by atoms with Gasteiger partial charge in [-0.15, -0.1) is 0 Å². The first-order chi connectivity index (χ1) is 10.2. The van der Waals surface area contributed by atoms with Crippen molar-refractivity contribution in [2.45, 2.75) is 26.2 Å². The largest absolute Gasteiger partial charge is 0.463 e. The van der Waals surface area contributed by atoms with E-state index in [-0.39, 0.29) is 0 Å². The number of hydrogen-bond donors (Lipinski definition) is 0. The monoisotopic (exact) mass is 299 g/mol. The second kappa shape index (κ2) is 11.3. The van der Waals surface area contributed by atoms with Crippen molar-refractivity contribution >= 4 is 11.9 Å². The maximum Gasteiger partial charge on any atom is 0.331 e. The van der Waals surface area contributed by atoms with Gasteiger partial charge in [-0.1, -0.05) is 6.92 Å². The van der Waals surface area contributed by atoms with Gasteiger partial charge in [0.05, 0.1) is 26.4 Å². The van der Waals surface area contributed by atoms with Crippen LogP contribution in [0.25, 0.3) is 0 Å². The molecule has 0 aromatic heterocycles. The molecule has 0 spiro atoms. The van der Waals surface area contributed by atoms with E-state index in [9.17, 15) is 9.59 Å². The van der Waals surface area contributed by atoms with E-state index in [0.29, 0.717) is 13.2 Å². The molecular weight excluding hydrogens is 274 g/mol. The van der Waals surface area contributed by atoms with E-state index < -0.39 is 11.9 Å². The topological polar surface area (TPSA) is 65.1 Å². The van der Waals surface area contributed by atoms with Crippen LogP contribution in [-0.2, 0) is 23.8 Å². The fourth-order valence-electron chi connectivity index (χ4n) is 1.87. The molecule has 6 nitrogen and oxygen atoms in total. The third kappa shape index (κ3) is 9.20. The highest BCUT2D eigenvalue weighted by Crippen LogP contribution is 2.00. The molecule has 0 amide bonds. The van der Waals surface area contributed by atoms with Crippen LogP contribution in [0.2, 0.25) is 0 Å². The van der Waals surface area contributed by atoms with Crippen molar-refractivity contribution in [2.24, 2.45) is 0 Å². The van der Waals surface area contributed by atoms with Gasteiger partial charge in [-0.2, -0.15) is 0 Å². The third-order valence-corrected chi connectivity index (χ3v) is 3.02. The standard InChI is InChI=1S/C15H25NO5/c1-2-10-20-14(17)5-6-15(18)21-11-4-3-7-16-8-12-19-13-9-16/h5-6H,2-4,7-13H2,1H3. The summed E-state index contributed by atoms with van der Waals surface area (Å²) in [6.45, 7) is 7.19. The minimum Gasteiger partial charge on any atom is -0.463 e. The molecule has 6 heteroatoms. The molecular formula is C15H25NO5. The summed E-state index contributed by atoms with van der Waals surface area (Å²) in [5.74, 6) is -1.02. The van der Waals surface area contributed by atoms with Crippen LogP contribution in [0, 0.1) is 0 Å². The van der Waals surface area contributed by atoms with Crippen LogP contribution in [0.3, 0.4) is 0 Å². The van der Waals surface area contributed by atoms with Gasteiger partial charge in [0.15, 0.2) is 0 Å². The van der Waals surface area contributed by atoms with Gasteiger partial charge in [0.2, 0.25) is 0 Å². The van der Waals surface area contributed by atoms with Crippen LogP contribution in [-0.4, -0.2) is 62.9 Å². The Morgan fingerprint density at radius 3 is 2.29 bits per heavy atom. The molecule has 1 fully saturated rings. The van der Waals surface area contributed by atoms with Crippen LogP contribution >= 0.6 is 0 Å². The molecule has 1 saturated heterocycles. The van der Waals surface area contributed by atoms with Gasteiger partial charge >= 0.3 is 11.9 Å². The highest BCUT2D eigenvalue weighted by molar-refractivity contribution is 5.91. The Hall–Kier alpha value is -1.40. The predicted octanol–water partition coefficient (Wildman–Crippen LogP) is 1.15. The first-order valence-corrected chi connectivity index (χ1v) is 7.54. The minimum atomic E-state index is -0.513. The summed E-state index contributed by atoms with van der Waals surface area (Å²) < 4.78 is 15.1. The van der Waals surface area contributed by atoms with Crippen LogP contribution in [0.5, 0.6) is 0 Å². The van der Waals surface area contributed by atoms with Crippen LogP contribution in [0.1, 0.15) is 26.2 Å². The molecule has 0 aliphatic carbocycles. The van der Waals surface area contributed by atoms with E-state index in [1.165, 1.54) is 0 Å². The van der Waals surface area contributed by atoms with Crippen molar-refractivity contribution in [3.63, 3.8) is 0 Å². The quantitative estimate of drug-likeness (QED) is 0.361. The van der Waals surface area contributed by atoms with Gasteiger partial charge in [0.1, 0.15) is 0 Å². The predicted molar refractivity (Wildman–Crippen MR) is 77.8 cm³/mol. The zero-order chi connectivity index (χ0) is 15.3. The molecule has 120 valence electrons. The molecule has 0 aromatic rings. The number of carbonyl (C=O) groups excluding carboxylic acids is 2. The molecule has 0 unspecified atom stereocenters. The second-order valence-electron chi connectivity index (χ2n) is 4.83. The molecule has 0 atom stereocenters. The lowest BCUT2D eigenvalue weighted by molar-refractivity contribution is -0.140. The third-order valence-electron chi connectivity index (χ3n) is 3.02. The summed E-state index contributed by atoms with van der Waals surface area (Å²) in [5.41, 5.74) is 0. The van der Waals surface area contributed by atoms with Crippen LogP contribution < -0.4 is 0 Å². The molecule has 0 radical (unpaired) electrons. The Balaban J connectivity index is 1.99. The average Bonchev–Trinajstić information content (AvgIpc) is 2.51. The minimum absolute atomic E-state index is 0.361. The SMILES string of the molecule is CCCOC(=O)C=CC(=O)OCCCCN1CCOCC1. The number of carbonyl (C=O) groups is 2. The van der Waals surface area contributed by atoms with Gasteiger partial charge in [0.25, 0.3) is 0 Å². The van der Waals surface area contributed by atoms with Gasteiger partial charge in [-0.05, 0) is 25.8 Å².